The molecule has 0 aliphatic rings. The van der Waals surface area contributed by atoms with Gasteiger partial charge in [0.05, 0.1) is 0 Å². The van der Waals surface area contributed by atoms with Crippen molar-refractivity contribution in [3.63, 3.8) is 0 Å². The Bertz CT molecular complexity index is 352. The average Bonchev–Trinajstić information content (AvgIpc) is 2.26. The minimum absolute atomic E-state index is 0.0991. The van der Waals surface area contributed by atoms with Crippen molar-refractivity contribution in [1.29, 1.82) is 0 Å². The van der Waals surface area contributed by atoms with Crippen LogP contribution in [0.15, 0.2) is 73.4 Å². The number of carbonyl (C=O) groups is 1. The highest BCUT2D eigenvalue weighted by Gasteiger charge is 2.07. The minimum Gasteiger partial charge on any atom is -0.289 e. The van der Waals surface area contributed by atoms with Gasteiger partial charge in [0, 0.05) is 11.1 Å². The van der Waals surface area contributed by atoms with Crippen LogP contribution in [0.5, 0.6) is 0 Å². The number of Topliss-reactive ketones (excluding diaryl/α,β-unsaturated/α-hetero) is 1. The van der Waals surface area contributed by atoms with Crippen molar-refractivity contribution in [2.24, 2.45) is 0 Å². The van der Waals surface area contributed by atoms with Crippen molar-refractivity contribution in [1.82, 2.24) is 0 Å². The molecule has 0 fully saturated rings. The highest BCUT2D eigenvalue weighted by molar-refractivity contribution is 6.12. The zero-order valence-corrected chi connectivity index (χ0v) is 9.07. The van der Waals surface area contributed by atoms with E-state index in [1.807, 2.05) is 13.0 Å². The molecule has 0 heterocycles. The van der Waals surface area contributed by atoms with Gasteiger partial charge in [0.25, 0.3) is 0 Å². The zero-order chi connectivity index (χ0) is 11.7. The van der Waals surface area contributed by atoms with Crippen molar-refractivity contribution in [2.75, 3.05) is 0 Å². The fourth-order valence-electron chi connectivity index (χ4n) is 0.966. The highest BCUT2D eigenvalue weighted by Crippen LogP contribution is 2.09. The highest BCUT2D eigenvalue weighted by atomic mass is 16.1. The number of ketones is 1. The predicted octanol–water partition coefficient (Wildman–Crippen LogP) is 3.54. The SMILES string of the molecule is C=C/C=C(\C=C)C(=O)/C(C=C)=C/C=C\C. The van der Waals surface area contributed by atoms with E-state index in [0.29, 0.717) is 11.1 Å². The van der Waals surface area contributed by atoms with Gasteiger partial charge in [-0.3, -0.25) is 4.79 Å². The van der Waals surface area contributed by atoms with Crippen molar-refractivity contribution in [3.8, 4) is 0 Å². The summed E-state index contributed by atoms with van der Waals surface area (Å²) in [5.74, 6) is -0.0991. The largest absolute Gasteiger partial charge is 0.289 e. The summed E-state index contributed by atoms with van der Waals surface area (Å²) in [6.45, 7) is 12.6. The van der Waals surface area contributed by atoms with E-state index in [9.17, 15) is 4.79 Å². The van der Waals surface area contributed by atoms with Gasteiger partial charge in [0.1, 0.15) is 0 Å². The molecule has 0 amide bonds. The standard InChI is InChI=1S/C14H16O/c1-5-9-11-13(8-4)14(15)12(7-3)10-6-2/h5-11H,2-4H2,1H3/b9-5-,12-10+,13-11+. The van der Waals surface area contributed by atoms with E-state index in [0.717, 1.165) is 0 Å². The van der Waals surface area contributed by atoms with Gasteiger partial charge in [-0.2, -0.15) is 0 Å². The smallest absolute Gasteiger partial charge is 0.192 e. The summed E-state index contributed by atoms with van der Waals surface area (Å²) < 4.78 is 0. The maximum atomic E-state index is 11.8. The second-order valence-corrected chi connectivity index (χ2v) is 2.74. The fourth-order valence-corrected chi connectivity index (χ4v) is 0.966. The molecular formula is C14H16O. The molecule has 0 rings (SSSR count). The Labute approximate surface area is 91.5 Å². The lowest BCUT2D eigenvalue weighted by Gasteiger charge is -2.00. The molecule has 1 heteroatoms. The van der Waals surface area contributed by atoms with Crippen molar-refractivity contribution in [3.05, 3.63) is 73.4 Å². The van der Waals surface area contributed by atoms with Gasteiger partial charge >= 0.3 is 0 Å². The summed E-state index contributed by atoms with van der Waals surface area (Å²) in [5.41, 5.74) is 1.06. The third-order valence-corrected chi connectivity index (χ3v) is 1.73. The molecule has 0 aliphatic heterocycles. The number of hydrogen-bond acceptors (Lipinski definition) is 1. The first-order valence-electron chi connectivity index (χ1n) is 4.66. The van der Waals surface area contributed by atoms with Crippen LogP contribution in [0.25, 0.3) is 0 Å². The maximum Gasteiger partial charge on any atom is 0.192 e. The van der Waals surface area contributed by atoms with Crippen LogP contribution >= 0.6 is 0 Å². The molecule has 0 aromatic carbocycles. The molecule has 0 aromatic rings. The van der Waals surface area contributed by atoms with E-state index in [1.54, 1.807) is 24.3 Å². The van der Waals surface area contributed by atoms with Gasteiger partial charge in [-0.1, -0.05) is 62.3 Å². The van der Waals surface area contributed by atoms with E-state index >= 15 is 0 Å². The normalized spacial score (nSPS) is 12.6. The monoisotopic (exact) mass is 200 g/mol. The van der Waals surface area contributed by atoms with Gasteiger partial charge in [-0.25, -0.2) is 0 Å². The third kappa shape index (κ3) is 4.23. The summed E-state index contributed by atoms with van der Waals surface area (Å²) in [4.78, 5) is 11.8. The van der Waals surface area contributed by atoms with Gasteiger partial charge < -0.3 is 0 Å². The second-order valence-electron chi connectivity index (χ2n) is 2.74. The molecular weight excluding hydrogens is 184 g/mol. The maximum absolute atomic E-state index is 11.8. The van der Waals surface area contributed by atoms with Crippen molar-refractivity contribution >= 4 is 5.78 Å². The van der Waals surface area contributed by atoms with Crippen LogP contribution < -0.4 is 0 Å². The molecule has 78 valence electrons. The summed E-state index contributed by atoms with van der Waals surface area (Å²) in [6, 6.07) is 0. The molecule has 0 N–H and O–H groups in total. The lowest BCUT2D eigenvalue weighted by atomic mass is 10.0. The van der Waals surface area contributed by atoms with Gasteiger partial charge in [-0.15, -0.1) is 0 Å². The molecule has 0 atom stereocenters. The molecule has 0 bridgehead atoms. The molecule has 0 saturated carbocycles. The summed E-state index contributed by atoms with van der Waals surface area (Å²) >= 11 is 0. The van der Waals surface area contributed by atoms with Crippen molar-refractivity contribution < 1.29 is 4.79 Å². The zero-order valence-electron chi connectivity index (χ0n) is 9.07. The Morgan fingerprint density at radius 3 is 1.93 bits per heavy atom. The van der Waals surface area contributed by atoms with Crippen LogP contribution in [0.1, 0.15) is 6.92 Å². The Morgan fingerprint density at radius 1 is 1.00 bits per heavy atom. The van der Waals surface area contributed by atoms with Gasteiger partial charge in [0.2, 0.25) is 0 Å². The topological polar surface area (TPSA) is 17.1 Å². The summed E-state index contributed by atoms with van der Waals surface area (Å²) in [6.07, 6.45) is 11.6. The van der Waals surface area contributed by atoms with Crippen LogP contribution in [0.3, 0.4) is 0 Å². The van der Waals surface area contributed by atoms with E-state index in [1.165, 1.54) is 12.2 Å². The molecule has 0 aliphatic carbocycles. The van der Waals surface area contributed by atoms with E-state index in [-0.39, 0.29) is 5.78 Å². The van der Waals surface area contributed by atoms with E-state index < -0.39 is 0 Å². The first-order valence-corrected chi connectivity index (χ1v) is 4.66. The van der Waals surface area contributed by atoms with Crippen LogP contribution in [0.2, 0.25) is 0 Å². The molecule has 0 spiro atoms. The molecule has 0 aromatic heterocycles. The second kappa shape index (κ2) is 7.51. The molecule has 15 heavy (non-hydrogen) atoms. The number of allylic oxidation sites excluding steroid dienone is 9. The number of rotatable bonds is 6. The number of hydrogen-bond donors (Lipinski definition) is 0. The summed E-state index contributed by atoms with van der Waals surface area (Å²) in [5, 5.41) is 0. The van der Waals surface area contributed by atoms with Crippen molar-refractivity contribution in [2.45, 2.75) is 6.92 Å². The molecule has 1 nitrogen and oxygen atoms in total. The predicted molar refractivity (Wildman–Crippen MR) is 66.6 cm³/mol. The van der Waals surface area contributed by atoms with Crippen LogP contribution in [-0.4, -0.2) is 5.78 Å². The Balaban J connectivity index is 5.10. The van der Waals surface area contributed by atoms with Crippen LogP contribution in [0.4, 0.5) is 0 Å². The van der Waals surface area contributed by atoms with Gasteiger partial charge in [0.15, 0.2) is 5.78 Å². The minimum atomic E-state index is -0.0991. The molecule has 0 radical (unpaired) electrons. The summed E-state index contributed by atoms with van der Waals surface area (Å²) in [7, 11) is 0. The van der Waals surface area contributed by atoms with Crippen LogP contribution in [0, 0.1) is 0 Å². The molecule has 0 unspecified atom stereocenters. The lowest BCUT2D eigenvalue weighted by Crippen LogP contribution is -2.02. The van der Waals surface area contributed by atoms with E-state index in [4.69, 9.17) is 0 Å². The lowest BCUT2D eigenvalue weighted by molar-refractivity contribution is -0.111. The quantitative estimate of drug-likeness (QED) is 0.473. The first kappa shape index (κ1) is 13.1. The Morgan fingerprint density at radius 2 is 1.53 bits per heavy atom. The Hall–Kier alpha value is -1.89. The average molecular weight is 200 g/mol. The Kier molecular flexibility index (Phi) is 6.56. The fraction of sp³-hybridized carbons (Fsp3) is 0.0714. The van der Waals surface area contributed by atoms with Gasteiger partial charge in [-0.05, 0) is 6.92 Å². The van der Waals surface area contributed by atoms with Crippen LogP contribution in [-0.2, 0) is 4.79 Å². The molecule has 0 saturated heterocycles. The third-order valence-electron chi connectivity index (χ3n) is 1.73. The van der Waals surface area contributed by atoms with E-state index in [2.05, 4.69) is 19.7 Å². The number of carbonyl (C=O) groups excluding carboxylic acids is 1. The first-order chi connectivity index (χ1) is 7.21.